The molecular weight excluding hydrogens is 184 g/mol. The van der Waals surface area contributed by atoms with Gasteiger partial charge in [0, 0.05) is 12.5 Å². The standard InChI is InChI=1S/C9H14N2O3/c1-3-4-7(10)9(14)11-6(2)5-8(12)13/h1,6-7H,4-5,10H2,2H3,(H,11,14)(H,12,13). The minimum Gasteiger partial charge on any atom is -0.481 e. The number of carbonyl (C=O) groups excluding carboxylic acids is 1. The lowest BCUT2D eigenvalue weighted by atomic mass is 10.2. The van der Waals surface area contributed by atoms with Gasteiger partial charge in [-0.25, -0.2) is 0 Å². The highest BCUT2D eigenvalue weighted by Gasteiger charge is 2.15. The molecule has 0 aromatic rings. The highest BCUT2D eigenvalue weighted by Crippen LogP contribution is 1.93. The predicted octanol–water partition coefficient (Wildman–Crippen LogP) is -0.684. The summed E-state index contributed by atoms with van der Waals surface area (Å²) in [6.07, 6.45) is 4.99. The predicted molar refractivity (Wildman–Crippen MR) is 51.3 cm³/mol. The molecule has 0 aromatic heterocycles. The smallest absolute Gasteiger partial charge is 0.305 e. The molecule has 78 valence electrons. The van der Waals surface area contributed by atoms with Crippen LogP contribution in [-0.4, -0.2) is 29.1 Å². The van der Waals surface area contributed by atoms with Crippen LogP contribution in [-0.2, 0) is 9.59 Å². The van der Waals surface area contributed by atoms with Crippen molar-refractivity contribution < 1.29 is 14.7 Å². The van der Waals surface area contributed by atoms with Crippen LogP contribution in [0.4, 0.5) is 0 Å². The van der Waals surface area contributed by atoms with Crippen molar-refractivity contribution in [2.45, 2.75) is 31.8 Å². The Labute approximate surface area is 82.7 Å². The van der Waals surface area contributed by atoms with Crippen molar-refractivity contribution in [1.82, 2.24) is 5.32 Å². The molecule has 4 N–H and O–H groups in total. The molecule has 0 saturated carbocycles. The first kappa shape index (κ1) is 12.5. The van der Waals surface area contributed by atoms with E-state index in [2.05, 4.69) is 11.2 Å². The Bertz CT molecular complexity index is 257. The lowest BCUT2D eigenvalue weighted by Gasteiger charge is -2.14. The van der Waals surface area contributed by atoms with Gasteiger partial charge in [-0.15, -0.1) is 12.3 Å². The van der Waals surface area contributed by atoms with E-state index >= 15 is 0 Å². The van der Waals surface area contributed by atoms with Crippen LogP contribution in [0.25, 0.3) is 0 Å². The van der Waals surface area contributed by atoms with E-state index in [1.807, 2.05) is 0 Å². The number of rotatable bonds is 5. The molecule has 0 fully saturated rings. The summed E-state index contributed by atoms with van der Waals surface area (Å²) in [6, 6.07) is -1.21. The fraction of sp³-hybridized carbons (Fsp3) is 0.556. The number of aliphatic carboxylic acids is 1. The SMILES string of the molecule is C#CCC(N)C(=O)NC(C)CC(=O)O. The van der Waals surface area contributed by atoms with E-state index in [0.717, 1.165) is 0 Å². The summed E-state index contributed by atoms with van der Waals surface area (Å²) in [5.74, 6) is 0.871. The van der Waals surface area contributed by atoms with Crippen LogP contribution in [0.3, 0.4) is 0 Å². The normalized spacial score (nSPS) is 13.8. The molecule has 0 bridgehead atoms. The largest absolute Gasteiger partial charge is 0.481 e. The molecule has 2 unspecified atom stereocenters. The molecule has 0 radical (unpaired) electrons. The number of hydrogen-bond acceptors (Lipinski definition) is 3. The van der Waals surface area contributed by atoms with Crippen LogP contribution < -0.4 is 11.1 Å². The maximum atomic E-state index is 11.2. The van der Waals surface area contributed by atoms with Crippen molar-refractivity contribution in [3.05, 3.63) is 0 Å². The molecule has 2 atom stereocenters. The minimum absolute atomic E-state index is 0.130. The van der Waals surface area contributed by atoms with Gasteiger partial charge in [-0.2, -0.15) is 0 Å². The third kappa shape index (κ3) is 5.17. The Morgan fingerprint density at radius 1 is 1.64 bits per heavy atom. The van der Waals surface area contributed by atoms with Crippen molar-refractivity contribution in [3.8, 4) is 12.3 Å². The van der Waals surface area contributed by atoms with Crippen molar-refractivity contribution in [3.63, 3.8) is 0 Å². The summed E-state index contributed by atoms with van der Waals surface area (Å²) in [5, 5.41) is 10.9. The molecule has 0 aliphatic heterocycles. The lowest BCUT2D eigenvalue weighted by Crippen LogP contribution is -2.44. The maximum Gasteiger partial charge on any atom is 0.305 e. The number of carboxylic acids is 1. The molecule has 0 aromatic carbocycles. The fourth-order valence-corrected chi connectivity index (χ4v) is 0.883. The maximum absolute atomic E-state index is 11.2. The van der Waals surface area contributed by atoms with E-state index in [0.29, 0.717) is 0 Å². The Morgan fingerprint density at radius 3 is 2.64 bits per heavy atom. The number of amides is 1. The lowest BCUT2D eigenvalue weighted by molar-refractivity contribution is -0.137. The average molecular weight is 198 g/mol. The first-order chi connectivity index (χ1) is 6.47. The quantitative estimate of drug-likeness (QED) is 0.510. The zero-order chi connectivity index (χ0) is 11.1. The Hall–Kier alpha value is -1.54. The van der Waals surface area contributed by atoms with E-state index in [1.165, 1.54) is 0 Å². The van der Waals surface area contributed by atoms with Gasteiger partial charge in [0.2, 0.25) is 5.91 Å². The number of nitrogens with one attached hydrogen (secondary N) is 1. The zero-order valence-corrected chi connectivity index (χ0v) is 7.99. The van der Waals surface area contributed by atoms with Gasteiger partial charge in [-0.3, -0.25) is 9.59 Å². The summed E-state index contributed by atoms with van der Waals surface area (Å²) in [4.78, 5) is 21.5. The van der Waals surface area contributed by atoms with Gasteiger partial charge in [0.15, 0.2) is 0 Å². The summed E-state index contributed by atoms with van der Waals surface area (Å²) in [7, 11) is 0. The molecule has 0 aliphatic rings. The summed E-state index contributed by atoms with van der Waals surface area (Å²) in [5.41, 5.74) is 5.40. The van der Waals surface area contributed by atoms with Crippen LogP contribution in [0, 0.1) is 12.3 Å². The number of nitrogens with two attached hydrogens (primary N) is 1. The topological polar surface area (TPSA) is 92.4 Å². The molecule has 1 amide bonds. The Balaban J connectivity index is 3.94. The first-order valence-corrected chi connectivity index (χ1v) is 4.18. The third-order valence-electron chi connectivity index (χ3n) is 1.54. The molecule has 0 rings (SSSR count). The molecule has 5 heteroatoms. The van der Waals surface area contributed by atoms with Gasteiger partial charge in [-0.05, 0) is 6.92 Å². The van der Waals surface area contributed by atoms with Crippen LogP contribution in [0.2, 0.25) is 0 Å². The molecule has 0 aliphatic carbocycles. The van der Waals surface area contributed by atoms with Crippen molar-refractivity contribution in [1.29, 1.82) is 0 Å². The minimum atomic E-state index is -0.969. The first-order valence-electron chi connectivity index (χ1n) is 4.18. The number of carbonyl (C=O) groups is 2. The summed E-state index contributed by atoms with van der Waals surface area (Å²) in [6.45, 7) is 1.59. The third-order valence-corrected chi connectivity index (χ3v) is 1.54. The van der Waals surface area contributed by atoms with Gasteiger partial charge in [0.05, 0.1) is 12.5 Å². The fourth-order valence-electron chi connectivity index (χ4n) is 0.883. The highest BCUT2D eigenvalue weighted by atomic mass is 16.4. The highest BCUT2D eigenvalue weighted by molar-refractivity contribution is 5.82. The van der Waals surface area contributed by atoms with E-state index in [9.17, 15) is 9.59 Å². The van der Waals surface area contributed by atoms with Gasteiger partial charge in [-0.1, -0.05) is 0 Å². The van der Waals surface area contributed by atoms with Crippen molar-refractivity contribution in [2.75, 3.05) is 0 Å². The van der Waals surface area contributed by atoms with Crippen molar-refractivity contribution in [2.24, 2.45) is 5.73 Å². The second kappa shape index (κ2) is 6.00. The molecule has 0 heterocycles. The number of carboxylic acid groups (broad SMARTS) is 1. The molecule has 0 spiro atoms. The molecule has 5 nitrogen and oxygen atoms in total. The monoisotopic (exact) mass is 198 g/mol. The average Bonchev–Trinajstić information content (AvgIpc) is 2.02. The van der Waals surface area contributed by atoms with Crippen LogP contribution in [0.15, 0.2) is 0 Å². The van der Waals surface area contributed by atoms with Gasteiger partial charge in [0.25, 0.3) is 0 Å². The van der Waals surface area contributed by atoms with Crippen molar-refractivity contribution >= 4 is 11.9 Å². The summed E-state index contributed by atoms with van der Waals surface area (Å²) < 4.78 is 0. The number of terminal acetylenes is 1. The second-order valence-corrected chi connectivity index (χ2v) is 3.02. The summed E-state index contributed by atoms with van der Waals surface area (Å²) >= 11 is 0. The van der Waals surface area contributed by atoms with Crippen LogP contribution in [0.5, 0.6) is 0 Å². The Morgan fingerprint density at radius 2 is 2.21 bits per heavy atom. The van der Waals surface area contributed by atoms with Gasteiger partial charge < -0.3 is 16.2 Å². The molecular formula is C9H14N2O3. The van der Waals surface area contributed by atoms with Crippen LogP contribution in [0.1, 0.15) is 19.8 Å². The Kier molecular flexibility index (Phi) is 5.34. The second-order valence-electron chi connectivity index (χ2n) is 3.02. The van der Waals surface area contributed by atoms with E-state index in [4.69, 9.17) is 17.3 Å². The van der Waals surface area contributed by atoms with E-state index < -0.39 is 24.0 Å². The van der Waals surface area contributed by atoms with E-state index in [1.54, 1.807) is 6.92 Å². The molecule has 0 saturated heterocycles. The van der Waals surface area contributed by atoms with E-state index in [-0.39, 0.29) is 12.8 Å². The zero-order valence-electron chi connectivity index (χ0n) is 7.99. The van der Waals surface area contributed by atoms with Gasteiger partial charge >= 0.3 is 5.97 Å². The van der Waals surface area contributed by atoms with Gasteiger partial charge in [0.1, 0.15) is 0 Å². The molecule has 14 heavy (non-hydrogen) atoms. The number of hydrogen-bond donors (Lipinski definition) is 3. The van der Waals surface area contributed by atoms with Crippen LogP contribution >= 0.6 is 0 Å².